The Bertz CT molecular complexity index is 1340. The molecule has 1 amide bonds. The topological polar surface area (TPSA) is 64.4 Å². The normalized spacial score (nSPS) is 11.5. The van der Waals surface area contributed by atoms with Gasteiger partial charge in [0.1, 0.15) is 11.3 Å². The van der Waals surface area contributed by atoms with Crippen LogP contribution in [0.3, 0.4) is 0 Å². The van der Waals surface area contributed by atoms with E-state index in [0.717, 1.165) is 31.2 Å². The van der Waals surface area contributed by atoms with E-state index in [0.29, 0.717) is 23.2 Å². The van der Waals surface area contributed by atoms with Gasteiger partial charge in [-0.2, -0.15) is 0 Å². The second-order valence-electron chi connectivity index (χ2n) is 7.81. The number of methoxy groups -OCH3 is 1. The quantitative estimate of drug-likeness (QED) is 0.240. The molecular weight excluding hydrogens is 548 g/mol. The maximum absolute atomic E-state index is 12.4. The molecule has 7 heteroatoms. The maximum Gasteiger partial charge on any atom is 0.248 e. The molecule has 1 aromatic heterocycles. The smallest absolute Gasteiger partial charge is 0.248 e. The summed E-state index contributed by atoms with van der Waals surface area (Å²) < 4.78 is 13.0. The third kappa shape index (κ3) is 5.37. The second-order valence-corrected chi connectivity index (χ2v) is 9.58. The summed E-state index contributed by atoms with van der Waals surface area (Å²) in [5.41, 5.74) is 5.12. The number of anilines is 1. The van der Waals surface area contributed by atoms with E-state index in [-0.39, 0.29) is 5.91 Å². The number of oxazole rings is 1. The molecule has 3 aromatic carbocycles. The first-order chi connectivity index (χ1) is 15.8. The Morgan fingerprint density at radius 1 is 1.09 bits per heavy atom. The van der Waals surface area contributed by atoms with Gasteiger partial charge in [-0.1, -0.05) is 35.8 Å². The third-order valence-electron chi connectivity index (χ3n) is 5.13. The number of carbonyl (C=O) groups excluding carboxylic acids is 1. The minimum Gasteiger partial charge on any atom is -0.495 e. The fourth-order valence-electron chi connectivity index (χ4n) is 3.39. The van der Waals surface area contributed by atoms with Crippen molar-refractivity contribution in [3.63, 3.8) is 0 Å². The zero-order valence-electron chi connectivity index (χ0n) is 18.4. The number of hydrogen-bond donors (Lipinski definition) is 1. The summed E-state index contributed by atoms with van der Waals surface area (Å²) in [6.07, 6.45) is 3.18. The minimum atomic E-state index is -0.246. The van der Waals surface area contributed by atoms with Gasteiger partial charge in [0.05, 0.1) is 11.6 Å². The molecule has 0 unspecified atom stereocenters. The number of hydrogen-bond acceptors (Lipinski definition) is 4. The van der Waals surface area contributed by atoms with Gasteiger partial charge >= 0.3 is 0 Å². The lowest BCUT2D eigenvalue weighted by Crippen LogP contribution is -2.07. The average molecular weight is 570 g/mol. The van der Waals surface area contributed by atoms with Gasteiger partial charge in [0.25, 0.3) is 0 Å². The molecule has 1 heterocycles. The summed E-state index contributed by atoms with van der Waals surface area (Å²) in [6, 6.07) is 17.3. The van der Waals surface area contributed by atoms with E-state index in [2.05, 4.69) is 68.1 Å². The van der Waals surface area contributed by atoms with Gasteiger partial charge < -0.3 is 14.5 Å². The lowest BCUT2D eigenvalue weighted by Gasteiger charge is -2.08. The highest BCUT2D eigenvalue weighted by Gasteiger charge is 2.11. The lowest BCUT2D eigenvalue weighted by molar-refractivity contribution is -0.111. The van der Waals surface area contributed by atoms with Crippen LogP contribution in [0.2, 0.25) is 0 Å². The Hall–Kier alpha value is -2.90. The van der Waals surface area contributed by atoms with Crippen molar-refractivity contribution in [2.75, 3.05) is 12.4 Å². The van der Waals surface area contributed by atoms with Crippen molar-refractivity contribution in [3.05, 3.63) is 80.7 Å². The summed E-state index contributed by atoms with van der Waals surface area (Å²) in [7, 11) is 1.59. The molecular formula is C26H22Br2N2O3. The summed E-state index contributed by atoms with van der Waals surface area (Å²) in [4.78, 5) is 17.0. The molecule has 0 aliphatic heterocycles. The first-order valence-electron chi connectivity index (χ1n) is 10.4. The fourth-order valence-corrected chi connectivity index (χ4v) is 4.81. The number of fused-ring (bicyclic) bond motifs is 1. The molecule has 0 radical (unpaired) electrons. The van der Waals surface area contributed by atoms with Crippen LogP contribution in [-0.4, -0.2) is 18.0 Å². The number of nitrogens with zero attached hydrogens (tertiary/aromatic N) is 1. The summed E-state index contributed by atoms with van der Waals surface area (Å²) in [5, 5.41) is 2.86. The minimum absolute atomic E-state index is 0.246. The van der Waals surface area contributed by atoms with Crippen LogP contribution in [0.5, 0.6) is 5.75 Å². The number of halogens is 2. The second kappa shape index (κ2) is 9.93. The molecule has 0 saturated carbocycles. The van der Waals surface area contributed by atoms with E-state index in [1.165, 1.54) is 11.6 Å². The molecule has 0 saturated heterocycles. The first kappa shape index (κ1) is 23.3. The zero-order chi connectivity index (χ0) is 23.5. The standard InChI is InChI=1S/C26H22Br2N2O3/c1-15(2)17-6-10-23-22(13-17)30-26(33-23)16-4-8-20(9-5-16)29-24(31)11-7-18-12-19(27)14-21(28)25(18)32-3/h4-15H,1-3H3,(H,29,31)/b11-7+. The molecule has 0 spiro atoms. The predicted octanol–water partition coefficient (Wildman–Crippen LogP) is 7.80. The van der Waals surface area contributed by atoms with Crippen LogP contribution in [0.4, 0.5) is 5.69 Å². The van der Waals surface area contributed by atoms with Crippen molar-refractivity contribution >= 4 is 60.6 Å². The Morgan fingerprint density at radius 2 is 1.85 bits per heavy atom. The molecule has 0 aliphatic carbocycles. The number of ether oxygens (including phenoxy) is 1. The molecule has 168 valence electrons. The van der Waals surface area contributed by atoms with Crippen molar-refractivity contribution < 1.29 is 13.9 Å². The van der Waals surface area contributed by atoms with Crippen LogP contribution in [0, 0.1) is 0 Å². The maximum atomic E-state index is 12.4. The van der Waals surface area contributed by atoms with Crippen molar-refractivity contribution in [1.82, 2.24) is 4.98 Å². The molecule has 1 N–H and O–H groups in total. The number of aromatic nitrogens is 1. The Kier molecular flexibility index (Phi) is 7.00. The Balaban J connectivity index is 1.47. The van der Waals surface area contributed by atoms with Gasteiger partial charge in [-0.15, -0.1) is 0 Å². The Labute approximate surface area is 209 Å². The first-order valence-corrected chi connectivity index (χ1v) is 12.0. The van der Waals surface area contributed by atoms with E-state index in [1.807, 2.05) is 42.5 Å². The highest BCUT2D eigenvalue weighted by atomic mass is 79.9. The summed E-state index contributed by atoms with van der Waals surface area (Å²) >= 11 is 6.91. The molecule has 0 atom stereocenters. The SMILES string of the molecule is COc1c(Br)cc(Br)cc1/C=C/C(=O)Nc1ccc(-c2nc3cc(C(C)C)ccc3o2)cc1. The number of benzene rings is 3. The van der Waals surface area contributed by atoms with Crippen LogP contribution >= 0.6 is 31.9 Å². The molecule has 0 bridgehead atoms. The third-order valence-corrected chi connectivity index (χ3v) is 6.18. The van der Waals surface area contributed by atoms with Crippen LogP contribution in [0.15, 0.2) is 74.0 Å². The van der Waals surface area contributed by atoms with Crippen LogP contribution < -0.4 is 10.1 Å². The van der Waals surface area contributed by atoms with Crippen LogP contribution in [0.1, 0.15) is 30.9 Å². The Morgan fingerprint density at radius 3 is 2.55 bits per heavy atom. The van der Waals surface area contributed by atoms with Crippen molar-refractivity contribution in [2.45, 2.75) is 19.8 Å². The van der Waals surface area contributed by atoms with Gasteiger partial charge in [0.15, 0.2) is 5.58 Å². The summed E-state index contributed by atoms with van der Waals surface area (Å²) in [5.74, 6) is 1.39. The number of rotatable bonds is 6. The van der Waals surface area contributed by atoms with E-state index >= 15 is 0 Å². The highest BCUT2D eigenvalue weighted by Crippen LogP contribution is 2.33. The van der Waals surface area contributed by atoms with E-state index in [4.69, 9.17) is 9.15 Å². The molecule has 0 aliphatic rings. The van der Waals surface area contributed by atoms with Crippen LogP contribution in [-0.2, 0) is 4.79 Å². The zero-order valence-corrected chi connectivity index (χ0v) is 21.5. The van der Waals surface area contributed by atoms with Gasteiger partial charge in [0, 0.05) is 27.4 Å². The molecule has 4 aromatic rings. The lowest BCUT2D eigenvalue weighted by atomic mass is 10.0. The van der Waals surface area contributed by atoms with Crippen LogP contribution in [0.25, 0.3) is 28.6 Å². The number of nitrogens with one attached hydrogen (secondary N) is 1. The molecule has 5 nitrogen and oxygen atoms in total. The van der Waals surface area contributed by atoms with Crippen molar-refractivity contribution in [3.8, 4) is 17.2 Å². The van der Waals surface area contributed by atoms with E-state index < -0.39 is 0 Å². The monoisotopic (exact) mass is 568 g/mol. The fraction of sp³-hybridized carbons (Fsp3) is 0.154. The van der Waals surface area contributed by atoms with Gasteiger partial charge in [-0.05, 0) is 82.0 Å². The van der Waals surface area contributed by atoms with Gasteiger partial charge in [0.2, 0.25) is 11.8 Å². The van der Waals surface area contributed by atoms with Gasteiger partial charge in [-0.3, -0.25) is 4.79 Å². The van der Waals surface area contributed by atoms with E-state index in [1.54, 1.807) is 13.2 Å². The number of carbonyl (C=O) groups is 1. The average Bonchev–Trinajstić information content (AvgIpc) is 3.21. The molecule has 4 rings (SSSR count). The predicted molar refractivity (Wildman–Crippen MR) is 140 cm³/mol. The van der Waals surface area contributed by atoms with Gasteiger partial charge in [-0.25, -0.2) is 4.98 Å². The highest BCUT2D eigenvalue weighted by molar-refractivity contribution is 9.11. The van der Waals surface area contributed by atoms with Crippen molar-refractivity contribution in [1.29, 1.82) is 0 Å². The summed E-state index contributed by atoms with van der Waals surface area (Å²) in [6.45, 7) is 4.30. The molecule has 0 fully saturated rings. The van der Waals surface area contributed by atoms with E-state index in [9.17, 15) is 4.79 Å². The van der Waals surface area contributed by atoms with Crippen molar-refractivity contribution in [2.24, 2.45) is 0 Å². The largest absolute Gasteiger partial charge is 0.495 e. The molecule has 33 heavy (non-hydrogen) atoms. The number of amides is 1.